The Kier molecular flexibility index (Phi) is 4.16. The van der Waals surface area contributed by atoms with E-state index >= 15 is 0 Å². The van der Waals surface area contributed by atoms with Crippen LogP contribution in [0, 0.1) is 19.8 Å². The lowest BCUT2D eigenvalue weighted by atomic mass is 10.1. The molecule has 112 valence electrons. The molecule has 0 spiro atoms. The van der Waals surface area contributed by atoms with Gasteiger partial charge in [0.05, 0.1) is 0 Å². The second kappa shape index (κ2) is 6.07. The summed E-state index contributed by atoms with van der Waals surface area (Å²) in [6.45, 7) is 7.79. The van der Waals surface area contributed by atoms with Crippen molar-refractivity contribution >= 4 is 0 Å². The summed E-state index contributed by atoms with van der Waals surface area (Å²) in [4.78, 5) is 0. The van der Waals surface area contributed by atoms with Crippen molar-refractivity contribution in [3.05, 3.63) is 53.3 Å². The number of hydrogen-bond acceptors (Lipinski definition) is 1. The van der Waals surface area contributed by atoms with E-state index in [1.165, 1.54) is 41.9 Å². The van der Waals surface area contributed by atoms with E-state index in [2.05, 4.69) is 67.1 Å². The average Bonchev–Trinajstić information content (AvgIpc) is 3.01. The number of rotatable bonds is 4. The Balaban J connectivity index is 1.78. The summed E-state index contributed by atoms with van der Waals surface area (Å²) in [6, 6.07) is 13.7. The zero-order valence-electron chi connectivity index (χ0n) is 13.4. The molecule has 2 heteroatoms. The highest BCUT2D eigenvalue weighted by Crippen LogP contribution is 2.26. The van der Waals surface area contributed by atoms with E-state index in [1.54, 1.807) is 0 Å². The van der Waals surface area contributed by atoms with Crippen molar-refractivity contribution in [1.29, 1.82) is 0 Å². The van der Waals surface area contributed by atoms with Crippen molar-refractivity contribution in [3.8, 4) is 5.69 Å². The monoisotopic (exact) mass is 282 g/mol. The molecule has 0 bridgehead atoms. The fourth-order valence-corrected chi connectivity index (χ4v) is 3.67. The van der Waals surface area contributed by atoms with E-state index in [-0.39, 0.29) is 0 Å². The lowest BCUT2D eigenvalue weighted by Gasteiger charge is -2.17. The van der Waals surface area contributed by atoms with Crippen molar-refractivity contribution in [2.24, 2.45) is 5.92 Å². The third kappa shape index (κ3) is 2.91. The van der Waals surface area contributed by atoms with Crippen molar-refractivity contribution in [1.82, 2.24) is 9.88 Å². The zero-order chi connectivity index (χ0) is 14.8. The standard InChI is InChI=1S/C19H26N2/c1-14-8-7-11-19(14)20-13-17-12-15(2)21(16(17)3)18-9-5-4-6-10-18/h4-6,9-10,12,14,19-20H,7-8,11,13H2,1-3H3. The molecule has 1 heterocycles. The van der Waals surface area contributed by atoms with Gasteiger partial charge in [-0.05, 0) is 56.4 Å². The van der Waals surface area contributed by atoms with Crippen LogP contribution in [-0.2, 0) is 6.54 Å². The zero-order valence-corrected chi connectivity index (χ0v) is 13.4. The molecule has 1 fully saturated rings. The SMILES string of the molecule is Cc1cc(CNC2CCCC2C)c(C)n1-c1ccccc1. The summed E-state index contributed by atoms with van der Waals surface area (Å²) in [5.41, 5.74) is 5.36. The second-order valence-corrected chi connectivity index (χ2v) is 6.46. The molecule has 1 aromatic heterocycles. The molecule has 0 saturated heterocycles. The highest BCUT2D eigenvalue weighted by Gasteiger charge is 2.23. The maximum atomic E-state index is 3.77. The van der Waals surface area contributed by atoms with Gasteiger partial charge in [-0.25, -0.2) is 0 Å². The lowest BCUT2D eigenvalue weighted by molar-refractivity contribution is 0.425. The summed E-state index contributed by atoms with van der Waals surface area (Å²) >= 11 is 0. The van der Waals surface area contributed by atoms with E-state index in [0.717, 1.165) is 12.5 Å². The number of nitrogens with one attached hydrogen (secondary N) is 1. The Morgan fingerprint density at radius 3 is 2.57 bits per heavy atom. The second-order valence-electron chi connectivity index (χ2n) is 6.46. The van der Waals surface area contributed by atoms with Gasteiger partial charge in [0.25, 0.3) is 0 Å². The molecule has 1 aliphatic carbocycles. The first-order chi connectivity index (χ1) is 10.2. The average molecular weight is 282 g/mol. The Labute approximate surface area is 128 Å². The van der Waals surface area contributed by atoms with E-state index in [9.17, 15) is 0 Å². The summed E-state index contributed by atoms with van der Waals surface area (Å²) in [6.07, 6.45) is 4.08. The molecule has 1 N–H and O–H groups in total. The maximum Gasteiger partial charge on any atom is 0.0455 e. The Morgan fingerprint density at radius 2 is 1.90 bits per heavy atom. The Bertz CT molecular complexity index is 598. The van der Waals surface area contributed by atoms with Crippen molar-refractivity contribution in [2.45, 2.75) is 52.6 Å². The summed E-state index contributed by atoms with van der Waals surface area (Å²) in [7, 11) is 0. The molecule has 1 aromatic carbocycles. The van der Waals surface area contributed by atoms with Gasteiger partial charge in [-0.3, -0.25) is 0 Å². The van der Waals surface area contributed by atoms with E-state index < -0.39 is 0 Å². The Hall–Kier alpha value is -1.54. The third-order valence-corrected chi connectivity index (χ3v) is 4.97. The van der Waals surface area contributed by atoms with Crippen LogP contribution in [0.4, 0.5) is 0 Å². The van der Waals surface area contributed by atoms with Gasteiger partial charge in [0.15, 0.2) is 0 Å². The minimum atomic E-state index is 0.699. The van der Waals surface area contributed by atoms with Gasteiger partial charge in [-0.2, -0.15) is 0 Å². The minimum Gasteiger partial charge on any atom is -0.318 e. The normalized spacial score (nSPS) is 21.9. The van der Waals surface area contributed by atoms with Crippen molar-refractivity contribution < 1.29 is 0 Å². The molecule has 0 aliphatic heterocycles. The van der Waals surface area contributed by atoms with Crippen LogP contribution in [0.1, 0.15) is 43.1 Å². The van der Waals surface area contributed by atoms with Gasteiger partial charge in [-0.15, -0.1) is 0 Å². The largest absolute Gasteiger partial charge is 0.318 e. The molecule has 21 heavy (non-hydrogen) atoms. The summed E-state index contributed by atoms with van der Waals surface area (Å²) in [5.74, 6) is 0.822. The number of aryl methyl sites for hydroxylation is 1. The first kappa shape index (κ1) is 14.4. The molecule has 2 nitrogen and oxygen atoms in total. The number of hydrogen-bond donors (Lipinski definition) is 1. The predicted octanol–water partition coefficient (Wildman–Crippen LogP) is 4.37. The van der Waals surface area contributed by atoms with Crippen LogP contribution in [0.5, 0.6) is 0 Å². The first-order valence-electron chi connectivity index (χ1n) is 8.13. The van der Waals surface area contributed by atoms with Crippen LogP contribution < -0.4 is 5.32 Å². The van der Waals surface area contributed by atoms with Gasteiger partial charge in [0, 0.05) is 29.7 Å². The highest BCUT2D eigenvalue weighted by atomic mass is 15.0. The van der Waals surface area contributed by atoms with Crippen LogP contribution in [0.2, 0.25) is 0 Å². The van der Waals surface area contributed by atoms with Crippen molar-refractivity contribution in [3.63, 3.8) is 0 Å². The van der Waals surface area contributed by atoms with Gasteiger partial charge in [-0.1, -0.05) is 31.5 Å². The fourth-order valence-electron chi connectivity index (χ4n) is 3.67. The van der Waals surface area contributed by atoms with Gasteiger partial charge >= 0.3 is 0 Å². The fraction of sp³-hybridized carbons (Fsp3) is 0.474. The molecule has 2 atom stereocenters. The molecule has 3 rings (SSSR count). The third-order valence-electron chi connectivity index (χ3n) is 4.97. The molecule has 1 saturated carbocycles. The van der Waals surface area contributed by atoms with Crippen LogP contribution in [0.25, 0.3) is 5.69 Å². The number of benzene rings is 1. The van der Waals surface area contributed by atoms with Crippen molar-refractivity contribution in [2.75, 3.05) is 0 Å². The number of nitrogens with zero attached hydrogens (tertiary/aromatic N) is 1. The minimum absolute atomic E-state index is 0.699. The topological polar surface area (TPSA) is 17.0 Å². The van der Waals surface area contributed by atoms with Crippen LogP contribution in [0.3, 0.4) is 0 Å². The molecule has 1 aliphatic rings. The smallest absolute Gasteiger partial charge is 0.0455 e. The highest BCUT2D eigenvalue weighted by molar-refractivity contribution is 5.40. The molecular weight excluding hydrogens is 256 g/mol. The predicted molar refractivity (Wildman–Crippen MR) is 88.9 cm³/mol. The molecular formula is C19H26N2. The first-order valence-corrected chi connectivity index (χ1v) is 8.13. The molecule has 2 aromatic rings. The number of para-hydroxylation sites is 1. The quantitative estimate of drug-likeness (QED) is 0.881. The summed E-state index contributed by atoms with van der Waals surface area (Å²) < 4.78 is 2.36. The lowest BCUT2D eigenvalue weighted by Crippen LogP contribution is -2.30. The molecule has 2 unspecified atom stereocenters. The van der Waals surface area contributed by atoms with Crippen LogP contribution >= 0.6 is 0 Å². The van der Waals surface area contributed by atoms with E-state index in [1.807, 2.05) is 0 Å². The van der Waals surface area contributed by atoms with Crippen LogP contribution in [-0.4, -0.2) is 10.6 Å². The van der Waals surface area contributed by atoms with E-state index in [4.69, 9.17) is 0 Å². The van der Waals surface area contributed by atoms with Gasteiger partial charge < -0.3 is 9.88 Å². The molecule has 0 radical (unpaired) electrons. The van der Waals surface area contributed by atoms with Crippen LogP contribution in [0.15, 0.2) is 36.4 Å². The Morgan fingerprint density at radius 1 is 1.14 bits per heavy atom. The number of aromatic nitrogens is 1. The summed E-state index contributed by atoms with van der Waals surface area (Å²) in [5, 5.41) is 3.77. The molecule has 0 amide bonds. The van der Waals surface area contributed by atoms with Gasteiger partial charge in [0.2, 0.25) is 0 Å². The van der Waals surface area contributed by atoms with E-state index in [0.29, 0.717) is 6.04 Å². The maximum absolute atomic E-state index is 3.77. The van der Waals surface area contributed by atoms with Gasteiger partial charge in [0.1, 0.15) is 0 Å².